The first-order valence-corrected chi connectivity index (χ1v) is 8.71. The molecule has 4 rings (SSSR count). The van der Waals surface area contributed by atoms with E-state index in [1.165, 1.54) is 12.3 Å². The van der Waals surface area contributed by atoms with Crippen molar-refractivity contribution < 1.29 is 23.0 Å². The molecule has 0 fully saturated rings. The lowest BCUT2D eigenvalue weighted by Gasteiger charge is -2.26. The van der Waals surface area contributed by atoms with E-state index in [0.717, 1.165) is 12.1 Å². The first-order chi connectivity index (χ1) is 13.6. The largest absolute Gasteiger partial charge is 0.486 e. The van der Waals surface area contributed by atoms with E-state index >= 15 is 0 Å². The van der Waals surface area contributed by atoms with Crippen LogP contribution >= 0.6 is 0 Å². The molecule has 6 nitrogen and oxygen atoms in total. The summed E-state index contributed by atoms with van der Waals surface area (Å²) in [5, 5.41) is 6.85. The van der Waals surface area contributed by atoms with E-state index in [1.54, 1.807) is 10.9 Å². The van der Waals surface area contributed by atoms with Crippen molar-refractivity contribution >= 4 is 11.6 Å². The van der Waals surface area contributed by atoms with Gasteiger partial charge in [0.1, 0.15) is 18.2 Å². The van der Waals surface area contributed by atoms with Crippen LogP contribution in [0.1, 0.15) is 5.56 Å². The highest BCUT2D eigenvalue weighted by Crippen LogP contribution is 2.31. The second-order valence-electron chi connectivity index (χ2n) is 6.41. The van der Waals surface area contributed by atoms with E-state index in [1.807, 2.05) is 24.3 Å². The molecule has 1 aliphatic heterocycles. The van der Waals surface area contributed by atoms with Crippen LogP contribution in [0.5, 0.6) is 11.5 Å². The Morgan fingerprint density at radius 2 is 2.04 bits per heavy atom. The molecule has 1 aromatic heterocycles. The highest BCUT2D eigenvalue weighted by molar-refractivity contribution is 5.92. The molecule has 0 bridgehead atoms. The number of rotatable bonds is 5. The third-order valence-electron chi connectivity index (χ3n) is 4.24. The summed E-state index contributed by atoms with van der Waals surface area (Å²) in [4.78, 5) is 12.1. The summed E-state index contributed by atoms with van der Waals surface area (Å²) in [5.74, 6) is -0.461. The van der Waals surface area contributed by atoms with Crippen LogP contribution in [0.25, 0.3) is 0 Å². The minimum Gasteiger partial charge on any atom is -0.486 e. The predicted octanol–water partition coefficient (Wildman–Crippen LogP) is 3.18. The Kier molecular flexibility index (Phi) is 4.92. The van der Waals surface area contributed by atoms with Gasteiger partial charge in [-0.1, -0.05) is 18.2 Å². The highest BCUT2D eigenvalue weighted by Gasteiger charge is 2.21. The number of anilines is 1. The van der Waals surface area contributed by atoms with Crippen LogP contribution in [0.4, 0.5) is 14.5 Å². The monoisotopic (exact) mass is 385 g/mol. The van der Waals surface area contributed by atoms with E-state index in [0.29, 0.717) is 30.3 Å². The van der Waals surface area contributed by atoms with Crippen molar-refractivity contribution in [2.45, 2.75) is 19.1 Å². The smallest absolute Gasteiger partial charge is 0.228 e. The Labute approximate surface area is 159 Å². The summed E-state index contributed by atoms with van der Waals surface area (Å²) < 4.78 is 39.8. The molecule has 2 aromatic carbocycles. The van der Waals surface area contributed by atoms with Crippen molar-refractivity contribution in [3.8, 4) is 11.5 Å². The second kappa shape index (κ2) is 7.67. The highest BCUT2D eigenvalue weighted by atomic mass is 19.1. The average molecular weight is 385 g/mol. The summed E-state index contributed by atoms with van der Waals surface area (Å²) >= 11 is 0. The average Bonchev–Trinajstić information content (AvgIpc) is 3.10. The molecule has 1 atom stereocenters. The molecule has 1 aliphatic rings. The van der Waals surface area contributed by atoms with E-state index in [-0.39, 0.29) is 18.1 Å². The Morgan fingerprint density at radius 3 is 2.86 bits per heavy atom. The molecule has 3 aromatic rings. The molecule has 0 saturated heterocycles. The molecule has 28 heavy (non-hydrogen) atoms. The molecule has 8 heteroatoms. The van der Waals surface area contributed by atoms with Gasteiger partial charge in [0.05, 0.1) is 24.8 Å². The molecule has 1 amide bonds. The molecular formula is C20H17F2N3O3. The molecule has 144 valence electrons. The molecular weight excluding hydrogens is 368 g/mol. The molecule has 2 heterocycles. The summed E-state index contributed by atoms with van der Waals surface area (Å²) in [7, 11) is 0. The maximum atomic E-state index is 13.7. The Morgan fingerprint density at radius 1 is 1.21 bits per heavy atom. The number of carbonyl (C=O) groups is 1. The topological polar surface area (TPSA) is 65.4 Å². The standard InChI is InChI=1S/C20H17F2N3O3/c21-14-6-5-13(17(22)8-14)7-20(26)24-15-9-23-25(10-15)11-16-12-27-18-3-1-2-4-19(18)28-16/h1-6,8-10,16H,7,11-12H2,(H,24,26)/t16-/m0/s1. The SMILES string of the molecule is O=C(Cc1ccc(F)cc1F)Nc1cnn(C[C@H]2COc3ccccc3O2)c1. The van der Waals surface area contributed by atoms with Crippen molar-refractivity contribution in [1.29, 1.82) is 0 Å². The van der Waals surface area contributed by atoms with Gasteiger partial charge in [-0.15, -0.1) is 0 Å². The number of nitrogens with one attached hydrogen (secondary N) is 1. The number of ether oxygens (including phenoxy) is 2. The van der Waals surface area contributed by atoms with Crippen LogP contribution < -0.4 is 14.8 Å². The van der Waals surface area contributed by atoms with Gasteiger partial charge in [0.25, 0.3) is 0 Å². The lowest BCUT2D eigenvalue weighted by Crippen LogP contribution is -2.33. The molecule has 0 unspecified atom stereocenters. The van der Waals surface area contributed by atoms with Crippen molar-refractivity contribution in [1.82, 2.24) is 9.78 Å². The van der Waals surface area contributed by atoms with Crippen LogP contribution in [-0.4, -0.2) is 28.4 Å². The van der Waals surface area contributed by atoms with Crippen molar-refractivity contribution in [2.24, 2.45) is 0 Å². The Hall–Kier alpha value is -3.42. The fourth-order valence-corrected chi connectivity index (χ4v) is 2.93. The third kappa shape index (κ3) is 4.11. The molecule has 0 aliphatic carbocycles. The van der Waals surface area contributed by atoms with Crippen LogP contribution in [0.3, 0.4) is 0 Å². The number of aromatic nitrogens is 2. The molecule has 1 N–H and O–H groups in total. The molecule has 0 spiro atoms. The number of hydrogen-bond donors (Lipinski definition) is 1. The summed E-state index contributed by atoms with van der Waals surface area (Å²) in [6.45, 7) is 0.833. The van der Waals surface area contributed by atoms with Crippen molar-refractivity contribution in [3.63, 3.8) is 0 Å². The number of hydrogen-bond acceptors (Lipinski definition) is 4. The van der Waals surface area contributed by atoms with Crippen LogP contribution in [-0.2, 0) is 17.8 Å². The van der Waals surface area contributed by atoms with Gasteiger partial charge in [0, 0.05) is 12.3 Å². The van der Waals surface area contributed by atoms with Crippen LogP contribution in [0.2, 0.25) is 0 Å². The van der Waals surface area contributed by atoms with E-state index in [2.05, 4.69) is 10.4 Å². The van der Waals surface area contributed by atoms with Crippen molar-refractivity contribution in [2.75, 3.05) is 11.9 Å². The van der Waals surface area contributed by atoms with Gasteiger partial charge >= 0.3 is 0 Å². The normalized spacial score (nSPS) is 15.3. The lowest BCUT2D eigenvalue weighted by atomic mass is 10.1. The molecule has 0 saturated carbocycles. The number of amides is 1. The summed E-state index contributed by atoms with van der Waals surface area (Å²) in [6.07, 6.45) is 2.74. The lowest BCUT2D eigenvalue weighted by molar-refractivity contribution is -0.115. The number of fused-ring (bicyclic) bond motifs is 1. The maximum Gasteiger partial charge on any atom is 0.228 e. The minimum absolute atomic E-state index is 0.123. The number of carbonyl (C=O) groups excluding carboxylic acids is 1. The van der Waals surface area contributed by atoms with Crippen LogP contribution in [0.15, 0.2) is 54.9 Å². The Balaban J connectivity index is 1.34. The third-order valence-corrected chi connectivity index (χ3v) is 4.24. The van der Waals surface area contributed by atoms with Gasteiger partial charge in [-0.2, -0.15) is 5.10 Å². The maximum absolute atomic E-state index is 13.7. The summed E-state index contributed by atoms with van der Waals surface area (Å²) in [5.41, 5.74) is 0.599. The van der Waals surface area contributed by atoms with Gasteiger partial charge in [-0.3, -0.25) is 9.48 Å². The van der Waals surface area contributed by atoms with Gasteiger partial charge in [-0.05, 0) is 23.8 Å². The van der Waals surface area contributed by atoms with Gasteiger partial charge < -0.3 is 14.8 Å². The second-order valence-corrected chi connectivity index (χ2v) is 6.41. The van der Waals surface area contributed by atoms with E-state index < -0.39 is 17.5 Å². The number of benzene rings is 2. The van der Waals surface area contributed by atoms with Gasteiger partial charge in [-0.25, -0.2) is 8.78 Å². The zero-order chi connectivity index (χ0) is 19.5. The fraction of sp³-hybridized carbons (Fsp3) is 0.200. The van der Waals surface area contributed by atoms with Gasteiger partial charge in [0.15, 0.2) is 17.6 Å². The number of nitrogens with zero attached hydrogens (tertiary/aromatic N) is 2. The minimum atomic E-state index is -0.749. The summed E-state index contributed by atoms with van der Waals surface area (Å²) in [6, 6.07) is 10.6. The Bertz CT molecular complexity index is 1010. The zero-order valence-electron chi connectivity index (χ0n) is 14.8. The first kappa shape index (κ1) is 18.0. The van der Waals surface area contributed by atoms with E-state index in [9.17, 15) is 13.6 Å². The van der Waals surface area contributed by atoms with Crippen LogP contribution in [0, 0.1) is 11.6 Å². The predicted molar refractivity (Wildman–Crippen MR) is 97.3 cm³/mol. The van der Waals surface area contributed by atoms with Gasteiger partial charge in [0.2, 0.25) is 5.91 Å². The number of halogens is 2. The van der Waals surface area contributed by atoms with Crippen molar-refractivity contribution in [3.05, 3.63) is 72.1 Å². The number of para-hydroxylation sites is 2. The fourth-order valence-electron chi connectivity index (χ4n) is 2.93. The quantitative estimate of drug-likeness (QED) is 0.733. The van der Waals surface area contributed by atoms with E-state index in [4.69, 9.17) is 9.47 Å². The zero-order valence-corrected chi connectivity index (χ0v) is 14.8. The molecule has 0 radical (unpaired) electrons. The first-order valence-electron chi connectivity index (χ1n) is 8.71.